The average Bonchev–Trinajstić information content (AvgIpc) is 3.21. The lowest BCUT2D eigenvalue weighted by Gasteiger charge is -2.16. The van der Waals surface area contributed by atoms with Crippen LogP contribution in [0.4, 0.5) is 0 Å². The molecule has 112 valence electrons. The van der Waals surface area contributed by atoms with Crippen LogP contribution in [0.15, 0.2) is 30.5 Å². The zero-order valence-corrected chi connectivity index (χ0v) is 12.9. The lowest BCUT2D eigenvalue weighted by molar-refractivity contribution is 0.464. The highest BCUT2D eigenvalue weighted by Crippen LogP contribution is 2.20. The molecule has 0 spiro atoms. The molecule has 0 bridgehead atoms. The Bertz CT molecular complexity index is 569. The summed E-state index contributed by atoms with van der Waals surface area (Å²) in [4.78, 5) is 0. The van der Waals surface area contributed by atoms with Crippen LogP contribution >= 0.6 is 0 Å². The van der Waals surface area contributed by atoms with Crippen molar-refractivity contribution in [3.05, 3.63) is 47.3 Å². The molecule has 3 rings (SSSR count). The van der Waals surface area contributed by atoms with Crippen LogP contribution in [0, 0.1) is 12.8 Å². The maximum absolute atomic E-state index is 4.24. The van der Waals surface area contributed by atoms with Crippen molar-refractivity contribution in [2.45, 2.75) is 38.6 Å². The molecule has 21 heavy (non-hydrogen) atoms. The van der Waals surface area contributed by atoms with E-state index in [-0.39, 0.29) is 0 Å². The van der Waals surface area contributed by atoms with E-state index in [0.29, 0.717) is 5.92 Å². The van der Waals surface area contributed by atoms with Crippen LogP contribution in [0.2, 0.25) is 0 Å². The number of hydrogen-bond donors (Lipinski definition) is 1. The van der Waals surface area contributed by atoms with E-state index in [1.165, 1.54) is 24.0 Å². The maximum Gasteiger partial charge on any atom is 0.0830 e. The smallest absolute Gasteiger partial charge is 0.0830 e. The number of nitrogens with one attached hydrogen (secondary N) is 1. The van der Waals surface area contributed by atoms with Crippen LogP contribution in [0.25, 0.3) is 0 Å². The van der Waals surface area contributed by atoms with Crippen LogP contribution in [0.3, 0.4) is 0 Å². The summed E-state index contributed by atoms with van der Waals surface area (Å²) in [5.41, 5.74) is 3.82. The zero-order valence-electron chi connectivity index (χ0n) is 12.9. The quantitative estimate of drug-likeness (QED) is 0.848. The van der Waals surface area contributed by atoms with Crippen molar-refractivity contribution in [2.24, 2.45) is 13.0 Å². The molecule has 1 N–H and O–H groups in total. The Balaban J connectivity index is 1.63. The van der Waals surface area contributed by atoms with Gasteiger partial charge in [-0.3, -0.25) is 4.68 Å². The summed E-state index contributed by atoms with van der Waals surface area (Å²) in [7, 11) is 1.92. The van der Waals surface area contributed by atoms with E-state index in [4.69, 9.17) is 0 Å². The van der Waals surface area contributed by atoms with Gasteiger partial charge in [0.2, 0.25) is 0 Å². The fourth-order valence-electron chi connectivity index (χ4n) is 2.68. The van der Waals surface area contributed by atoms with Crippen LogP contribution in [0.1, 0.15) is 29.7 Å². The molecule has 1 fully saturated rings. The van der Waals surface area contributed by atoms with Gasteiger partial charge in [-0.2, -0.15) is 0 Å². The molecular weight excluding hydrogens is 260 g/mol. The van der Waals surface area contributed by atoms with Gasteiger partial charge in [-0.25, -0.2) is 0 Å². The van der Waals surface area contributed by atoms with Gasteiger partial charge >= 0.3 is 0 Å². The molecule has 4 nitrogen and oxygen atoms in total. The van der Waals surface area contributed by atoms with Crippen molar-refractivity contribution in [3.63, 3.8) is 0 Å². The molecular formula is C17H24N4. The molecule has 0 aliphatic heterocycles. The van der Waals surface area contributed by atoms with Gasteiger partial charge in [-0.1, -0.05) is 35.0 Å². The summed E-state index contributed by atoms with van der Waals surface area (Å²) in [5.74, 6) is 0.574. The third-order valence-electron chi connectivity index (χ3n) is 4.07. The van der Waals surface area contributed by atoms with Crippen molar-refractivity contribution in [1.82, 2.24) is 20.3 Å². The Hall–Kier alpha value is -1.68. The molecule has 0 amide bonds. The van der Waals surface area contributed by atoms with Crippen molar-refractivity contribution in [1.29, 1.82) is 0 Å². The lowest BCUT2D eigenvalue weighted by atomic mass is 9.94. The highest BCUT2D eigenvalue weighted by atomic mass is 15.4. The van der Waals surface area contributed by atoms with Gasteiger partial charge in [-0.05, 0) is 50.6 Å². The Morgan fingerprint density at radius 2 is 2.00 bits per heavy atom. The molecule has 0 radical (unpaired) electrons. The first-order chi connectivity index (χ1) is 10.2. The molecule has 0 saturated heterocycles. The Morgan fingerprint density at radius 1 is 1.24 bits per heavy atom. The van der Waals surface area contributed by atoms with Gasteiger partial charge in [0.05, 0.1) is 5.69 Å². The molecule has 1 aliphatic carbocycles. The van der Waals surface area contributed by atoms with Gasteiger partial charge in [-0.15, -0.1) is 5.10 Å². The number of hydrogen-bond acceptors (Lipinski definition) is 3. The first kappa shape index (κ1) is 14.3. The molecule has 1 aliphatic rings. The highest BCUT2D eigenvalue weighted by molar-refractivity contribution is 5.22. The average molecular weight is 284 g/mol. The van der Waals surface area contributed by atoms with Crippen LogP contribution in [0.5, 0.6) is 0 Å². The predicted molar refractivity (Wildman–Crippen MR) is 84.1 cm³/mol. The van der Waals surface area contributed by atoms with Crippen LogP contribution in [-0.2, 0) is 19.9 Å². The van der Waals surface area contributed by atoms with Gasteiger partial charge in [0.1, 0.15) is 0 Å². The first-order valence-corrected chi connectivity index (χ1v) is 7.83. The second-order valence-electron chi connectivity index (χ2n) is 6.33. The second-order valence-corrected chi connectivity index (χ2v) is 6.33. The summed E-state index contributed by atoms with van der Waals surface area (Å²) in [5, 5.41) is 11.9. The van der Waals surface area contributed by atoms with E-state index in [9.17, 15) is 0 Å². The summed E-state index contributed by atoms with van der Waals surface area (Å²) in [6, 6.07) is 9.64. The number of rotatable bonds is 7. The number of nitrogens with zero attached hydrogens (tertiary/aromatic N) is 3. The maximum atomic E-state index is 4.24. The fraction of sp³-hybridized carbons (Fsp3) is 0.529. The first-order valence-electron chi connectivity index (χ1n) is 7.83. The summed E-state index contributed by atoms with van der Waals surface area (Å²) in [6.45, 7) is 3.20. The Morgan fingerprint density at radius 3 is 2.62 bits per heavy atom. The Kier molecular flexibility index (Phi) is 4.34. The fourth-order valence-corrected chi connectivity index (χ4v) is 2.68. The summed E-state index contributed by atoms with van der Waals surface area (Å²) in [6.07, 6.45) is 6.78. The summed E-state index contributed by atoms with van der Waals surface area (Å²) >= 11 is 0. The number of aryl methyl sites for hydroxylation is 2. The van der Waals surface area contributed by atoms with E-state index < -0.39 is 0 Å². The standard InChI is InChI=1S/C17H24N4/c1-13-3-5-14(6-4-13)9-15(11-18-16-7-8-16)10-17-12-21(2)20-19-17/h3-6,12,15-16,18H,7-11H2,1-2H3. The minimum absolute atomic E-state index is 0.574. The van der Waals surface area contributed by atoms with Crippen molar-refractivity contribution < 1.29 is 0 Å². The summed E-state index contributed by atoms with van der Waals surface area (Å²) < 4.78 is 1.78. The molecule has 1 atom stereocenters. The lowest BCUT2D eigenvalue weighted by Crippen LogP contribution is -2.27. The minimum Gasteiger partial charge on any atom is -0.314 e. The van der Waals surface area contributed by atoms with Crippen molar-refractivity contribution in [3.8, 4) is 0 Å². The monoisotopic (exact) mass is 284 g/mol. The predicted octanol–water partition coefficient (Wildman–Crippen LogP) is 2.28. The van der Waals surface area contributed by atoms with E-state index in [2.05, 4.69) is 46.8 Å². The van der Waals surface area contributed by atoms with Crippen molar-refractivity contribution in [2.75, 3.05) is 6.54 Å². The number of benzene rings is 1. The SMILES string of the molecule is Cc1ccc(CC(CNC2CC2)Cc2cn(C)nn2)cc1. The second kappa shape index (κ2) is 6.39. The van der Waals surface area contributed by atoms with E-state index in [0.717, 1.165) is 31.1 Å². The molecule has 2 aromatic rings. The van der Waals surface area contributed by atoms with E-state index in [1.54, 1.807) is 4.68 Å². The zero-order chi connectivity index (χ0) is 14.7. The third-order valence-corrected chi connectivity index (χ3v) is 4.07. The van der Waals surface area contributed by atoms with E-state index >= 15 is 0 Å². The van der Waals surface area contributed by atoms with Crippen LogP contribution < -0.4 is 5.32 Å². The molecule has 1 aromatic carbocycles. The molecule has 1 heterocycles. The Labute approximate surface area is 126 Å². The van der Waals surface area contributed by atoms with Gasteiger partial charge < -0.3 is 5.32 Å². The molecule has 1 unspecified atom stereocenters. The van der Waals surface area contributed by atoms with Gasteiger partial charge in [0.25, 0.3) is 0 Å². The number of aromatic nitrogens is 3. The van der Waals surface area contributed by atoms with Crippen LogP contribution in [-0.4, -0.2) is 27.6 Å². The van der Waals surface area contributed by atoms with Crippen molar-refractivity contribution >= 4 is 0 Å². The van der Waals surface area contributed by atoms with Gasteiger partial charge in [0, 0.05) is 19.3 Å². The topological polar surface area (TPSA) is 42.7 Å². The molecule has 4 heteroatoms. The third kappa shape index (κ3) is 4.39. The normalized spacial score (nSPS) is 16.1. The molecule has 1 saturated carbocycles. The highest BCUT2D eigenvalue weighted by Gasteiger charge is 2.22. The largest absolute Gasteiger partial charge is 0.314 e. The van der Waals surface area contributed by atoms with E-state index in [1.807, 2.05) is 13.2 Å². The van der Waals surface area contributed by atoms with Gasteiger partial charge in [0.15, 0.2) is 0 Å². The minimum atomic E-state index is 0.574. The molecule has 1 aromatic heterocycles.